The van der Waals surface area contributed by atoms with Crippen LogP contribution in [0.1, 0.15) is 5.56 Å². The Kier molecular flexibility index (Phi) is 5.84. The molecule has 112 valence electrons. The first-order chi connectivity index (χ1) is 9.52. The van der Waals surface area contributed by atoms with Gasteiger partial charge in [0, 0.05) is 56.0 Å². The zero-order chi connectivity index (χ0) is 14.5. The molecular weight excluding hydrogens is 316 g/mol. The van der Waals surface area contributed by atoms with Gasteiger partial charge in [0.15, 0.2) is 0 Å². The fraction of sp³-hybridized carbons (Fsp3) is 0.600. The van der Waals surface area contributed by atoms with E-state index in [4.69, 9.17) is 5.73 Å². The third-order valence-electron chi connectivity index (χ3n) is 3.71. The number of halogens is 1. The van der Waals surface area contributed by atoms with Crippen LogP contribution in [0.3, 0.4) is 0 Å². The van der Waals surface area contributed by atoms with Gasteiger partial charge in [-0.2, -0.15) is 0 Å². The van der Waals surface area contributed by atoms with Crippen LogP contribution in [0.2, 0.25) is 0 Å². The first kappa shape index (κ1) is 15.8. The minimum absolute atomic E-state index is 0.832. The molecule has 0 unspecified atom stereocenters. The third kappa shape index (κ3) is 5.05. The second-order valence-corrected chi connectivity index (χ2v) is 6.73. The Balaban J connectivity index is 1.79. The molecule has 1 aliphatic rings. The summed E-state index contributed by atoms with van der Waals surface area (Å²) in [4.78, 5) is 7.30. The number of anilines is 1. The third-order valence-corrected chi connectivity index (χ3v) is 4.17. The molecule has 2 rings (SSSR count). The number of piperazine rings is 1. The van der Waals surface area contributed by atoms with Crippen LogP contribution in [0.25, 0.3) is 0 Å². The molecule has 1 aromatic carbocycles. The Hall–Kier alpha value is -0.620. The summed E-state index contributed by atoms with van der Waals surface area (Å²) in [5.41, 5.74) is 8.02. The van der Waals surface area contributed by atoms with Gasteiger partial charge in [0.05, 0.1) is 0 Å². The smallest absolute Gasteiger partial charge is 0.0328 e. The van der Waals surface area contributed by atoms with Crippen molar-refractivity contribution in [1.82, 2.24) is 14.7 Å². The average Bonchev–Trinajstić information content (AvgIpc) is 2.36. The van der Waals surface area contributed by atoms with E-state index in [0.717, 1.165) is 49.4 Å². The first-order valence-corrected chi connectivity index (χ1v) is 7.96. The van der Waals surface area contributed by atoms with Gasteiger partial charge >= 0.3 is 0 Å². The average molecular weight is 341 g/mol. The Morgan fingerprint density at radius 2 is 1.75 bits per heavy atom. The van der Waals surface area contributed by atoms with Gasteiger partial charge in [0.2, 0.25) is 0 Å². The van der Waals surface area contributed by atoms with Crippen molar-refractivity contribution in [3.05, 3.63) is 28.2 Å². The molecule has 1 aromatic rings. The molecule has 0 bridgehead atoms. The number of nitrogen functional groups attached to an aromatic ring is 1. The van der Waals surface area contributed by atoms with Crippen molar-refractivity contribution in [2.45, 2.75) is 6.54 Å². The van der Waals surface area contributed by atoms with Gasteiger partial charge < -0.3 is 10.6 Å². The lowest BCUT2D eigenvalue weighted by atomic mass is 10.2. The number of hydrogen-bond acceptors (Lipinski definition) is 4. The quantitative estimate of drug-likeness (QED) is 0.828. The van der Waals surface area contributed by atoms with Gasteiger partial charge in [-0.3, -0.25) is 9.80 Å². The van der Waals surface area contributed by atoms with E-state index in [-0.39, 0.29) is 0 Å². The maximum absolute atomic E-state index is 5.89. The Morgan fingerprint density at radius 1 is 1.10 bits per heavy atom. The zero-order valence-electron chi connectivity index (χ0n) is 12.5. The highest BCUT2D eigenvalue weighted by Gasteiger charge is 2.16. The molecule has 0 aromatic heterocycles. The minimum Gasteiger partial charge on any atom is -0.399 e. The lowest BCUT2D eigenvalue weighted by Crippen LogP contribution is -2.47. The van der Waals surface area contributed by atoms with Crippen molar-refractivity contribution in [3.63, 3.8) is 0 Å². The van der Waals surface area contributed by atoms with E-state index < -0.39 is 0 Å². The predicted octanol–water partition coefficient (Wildman–Crippen LogP) is 1.71. The number of rotatable bonds is 5. The van der Waals surface area contributed by atoms with Gasteiger partial charge in [0.1, 0.15) is 0 Å². The Bertz CT molecular complexity index is 408. The summed E-state index contributed by atoms with van der Waals surface area (Å²) >= 11 is 3.51. The lowest BCUT2D eigenvalue weighted by Gasteiger charge is -2.35. The molecule has 5 heteroatoms. The van der Waals surface area contributed by atoms with Crippen molar-refractivity contribution >= 4 is 21.6 Å². The fourth-order valence-electron chi connectivity index (χ4n) is 2.54. The Labute approximate surface area is 130 Å². The van der Waals surface area contributed by atoms with Gasteiger partial charge in [-0.1, -0.05) is 15.9 Å². The number of hydrogen-bond donors (Lipinski definition) is 1. The molecule has 1 heterocycles. The summed E-state index contributed by atoms with van der Waals surface area (Å²) in [7, 11) is 4.27. The van der Waals surface area contributed by atoms with Crippen molar-refractivity contribution in [1.29, 1.82) is 0 Å². The highest BCUT2D eigenvalue weighted by atomic mass is 79.9. The van der Waals surface area contributed by atoms with Crippen LogP contribution >= 0.6 is 15.9 Å². The highest BCUT2D eigenvalue weighted by molar-refractivity contribution is 9.10. The molecule has 0 amide bonds. The van der Waals surface area contributed by atoms with Crippen LogP contribution < -0.4 is 5.73 Å². The van der Waals surface area contributed by atoms with E-state index in [1.807, 2.05) is 6.07 Å². The van der Waals surface area contributed by atoms with E-state index in [9.17, 15) is 0 Å². The van der Waals surface area contributed by atoms with E-state index in [1.165, 1.54) is 12.1 Å². The van der Waals surface area contributed by atoms with Gasteiger partial charge in [-0.25, -0.2) is 0 Å². The number of nitrogens with two attached hydrogens (primary N) is 1. The predicted molar refractivity (Wildman–Crippen MR) is 88.8 cm³/mol. The summed E-state index contributed by atoms with van der Waals surface area (Å²) in [6, 6.07) is 6.18. The number of likely N-dealkylation sites (N-methyl/N-ethyl adjacent to an activating group) is 1. The van der Waals surface area contributed by atoms with Gasteiger partial charge in [-0.15, -0.1) is 0 Å². The topological polar surface area (TPSA) is 35.7 Å². The van der Waals surface area contributed by atoms with E-state index in [1.54, 1.807) is 0 Å². The molecule has 20 heavy (non-hydrogen) atoms. The molecule has 0 radical (unpaired) electrons. The SMILES string of the molecule is CN(C)CCN1CCN(Cc2cc(N)cc(Br)c2)CC1. The zero-order valence-corrected chi connectivity index (χ0v) is 14.1. The largest absolute Gasteiger partial charge is 0.399 e. The summed E-state index contributed by atoms with van der Waals surface area (Å²) in [6.07, 6.45) is 0. The van der Waals surface area contributed by atoms with E-state index in [2.05, 4.69) is 56.9 Å². The summed E-state index contributed by atoms with van der Waals surface area (Å²) < 4.78 is 1.07. The molecule has 0 aliphatic carbocycles. The van der Waals surface area contributed by atoms with Gasteiger partial charge in [0.25, 0.3) is 0 Å². The second-order valence-electron chi connectivity index (χ2n) is 5.81. The normalized spacial score (nSPS) is 17.8. The van der Waals surface area contributed by atoms with Crippen LogP contribution in [-0.4, -0.2) is 68.1 Å². The molecule has 1 saturated heterocycles. The minimum atomic E-state index is 0.832. The van der Waals surface area contributed by atoms with Crippen LogP contribution in [-0.2, 0) is 6.54 Å². The number of nitrogens with zero attached hydrogens (tertiary/aromatic N) is 3. The monoisotopic (exact) mass is 340 g/mol. The maximum atomic E-state index is 5.89. The second kappa shape index (κ2) is 7.41. The van der Waals surface area contributed by atoms with E-state index in [0.29, 0.717) is 0 Å². The van der Waals surface area contributed by atoms with Crippen molar-refractivity contribution in [2.75, 3.05) is 59.1 Å². The van der Waals surface area contributed by atoms with Crippen molar-refractivity contribution in [3.8, 4) is 0 Å². The molecule has 1 aliphatic heterocycles. The summed E-state index contributed by atoms with van der Waals surface area (Å²) in [5, 5.41) is 0. The van der Waals surface area contributed by atoms with Crippen molar-refractivity contribution in [2.24, 2.45) is 0 Å². The van der Waals surface area contributed by atoms with Gasteiger partial charge in [-0.05, 0) is 37.9 Å². The van der Waals surface area contributed by atoms with Crippen LogP contribution in [0.5, 0.6) is 0 Å². The number of benzene rings is 1. The molecular formula is C15H25BrN4. The summed E-state index contributed by atoms with van der Waals surface area (Å²) in [5.74, 6) is 0. The highest BCUT2D eigenvalue weighted by Crippen LogP contribution is 2.19. The molecule has 0 saturated carbocycles. The van der Waals surface area contributed by atoms with Crippen LogP contribution in [0, 0.1) is 0 Å². The van der Waals surface area contributed by atoms with Crippen LogP contribution in [0.15, 0.2) is 22.7 Å². The molecule has 0 atom stereocenters. The first-order valence-electron chi connectivity index (χ1n) is 7.17. The molecule has 0 spiro atoms. The van der Waals surface area contributed by atoms with E-state index >= 15 is 0 Å². The molecule has 4 nitrogen and oxygen atoms in total. The van der Waals surface area contributed by atoms with Crippen LogP contribution in [0.4, 0.5) is 5.69 Å². The Morgan fingerprint density at radius 3 is 2.35 bits per heavy atom. The summed E-state index contributed by atoms with van der Waals surface area (Å²) in [6.45, 7) is 7.91. The fourth-order valence-corrected chi connectivity index (χ4v) is 3.10. The van der Waals surface area contributed by atoms with Crippen molar-refractivity contribution < 1.29 is 0 Å². The maximum Gasteiger partial charge on any atom is 0.0328 e. The molecule has 1 fully saturated rings. The lowest BCUT2D eigenvalue weighted by molar-refractivity contribution is 0.120. The molecule has 2 N–H and O–H groups in total. The standard InChI is InChI=1S/C15H25BrN4/c1-18(2)3-4-19-5-7-20(8-6-19)12-13-9-14(16)11-15(17)10-13/h9-11H,3-8,12,17H2,1-2H3.